The number of nitrogens with zero attached hydrogens (tertiary/aromatic N) is 2. The summed E-state index contributed by atoms with van der Waals surface area (Å²) in [7, 11) is 1.69. The molecule has 1 aromatic heterocycles. The SMILES string of the molecule is CN=C(NCCc1ccccc1F)NCc1cc(-c2ccccc2)on1.I. The van der Waals surface area contributed by atoms with Crippen LogP contribution >= 0.6 is 24.0 Å². The van der Waals surface area contributed by atoms with E-state index in [1.54, 1.807) is 19.2 Å². The summed E-state index contributed by atoms with van der Waals surface area (Å²) in [6, 6.07) is 18.5. The van der Waals surface area contributed by atoms with Crippen molar-refractivity contribution >= 4 is 29.9 Å². The number of hydrogen-bond acceptors (Lipinski definition) is 3. The third-order valence-electron chi connectivity index (χ3n) is 3.92. The lowest BCUT2D eigenvalue weighted by Gasteiger charge is -2.11. The number of guanidine groups is 1. The number of halogens is 2. The molecule has 0 unspecified atom stereocenters. The van der Waals surface area contributed by atoms with E-state index in [1.807, 2.05) is 42.5 Å². The minimum atomic E-state index is -0.187. The maximum absolute atomic E-state index is 13.6. The van der Waals surface area contributed by atoms with E-state index in [0.29, 0.717) is 31.0 Å². The molecule has 7 heteroatoms. The van der Waals surface area contributed by atoms with Gasteiger partial charge in [-0.1, -0.05) is 53.7 Å². The summed E-state index contributed by atoms with van der Waals surface area (Å²) in [6.45, 7) is 1.06. The number of benzene rings is 2. The first kappa shape index (κ1) is 20.9. The molecule has 142 valence electrons. The van der Waals surface area contributed by atoms with Crippen molar-refractivity contribution < 1.29 is 8.91 Å². The van der Waals surface area contributed by atoms with Gasteiger partial charge in [-0.2, -0.15) is 0 Å². The topological polar surface area (TPSA) is 62.5 Å². The average Bonchev–Trinajstić information content (AvgIpc) is 3.16. The smallest absolute Gasteiger partial charge is 0.191 e. The summed E-state index contributed by atoms with van der Waals surface area (Å²) < 4.78 is 19.0. The van der Waals surface area contributed by atoms with Crippen LogP contribution in [0.4, 0.5) is 4.39 Å². The van der Waals surface area contributed by atoms with Crippen molar-refractivity contribution in [1.29, 1.82) is 0 Å². The Balaban J connectivity index is 0.00000261. The zero-order valence-electron chi connectivity index (χ0n) is 15.0. The van der Waals surface area contributed by atoms with Gasteiger partial charge < -0.3 is 15.2 Å². The maximum atomic E-state index is 13.6. The molecule has 2 N–H and O–H groups in total. The van der Waals surface area contributed by atoms with Crippen LogP contribution in [-0.2, 0) is 13.0 Å². The summed E-state index contributed by atoms with van der Waals surface area (Å²) in [4.78, 5) is 4.16. The second kappa shape index (κ2) is 10.7. The standard InChI is InChI=1S/C20H21FN4O.HI/c1-22-20(23-12-11-15-7-5-6-10-18(15)21)24-14-17-13-19(26-25-17)16-8-3-2-4-9-16;/h2-10,13H,11-12,14H2,1H3,(H2,22,23,24);1H. The van der Waals surface area contributed by atoms with E-state index in [0.717, 1.165) is 17.0 Å². The first-order valence-corrected chi connectivity index (χ1v) is 8.45. The number of aromatic nitrogens is 1. The van der Waals surface area contributed by atoms with Crippen molar-refractivity contribution in [2.24, 2.45) is 4.99 Å². The zero-order chi connectivity index (χ0) is 18.2. The van der Waals surface area contributed by atoms with E-state index in [2.05, 4.69) is 20.8 Å². The molecular formula is C20H22FIN4O. The largest absolute Gasteiger partial charge is 0.356 e. The van der Waals surface area contributed by atoms with Gasteiger partial charge >= 0.3 is 0 Å². The molecule has 27 heavy (non-hydrogen) atoms. The van der Waals surface area contributed by atoms with Gasteiger partial charge in [-0.3, -0.25) is 4.99 Å². The van der Waals surface area contributed by atoms with Crippen LogP contribution < -0.4 is 10.6 Å². The molecule has 0 aliphatic heterocycles. The highest BCUT2D eigenvalue weighted by Gasteiger charge is 2.07. The highest BCUT2D eigenvalue weighted by molar-refractivity contribution is 14.0. The molecule has 0 spiro atoms. The van der Waals surface area contributed by atoms with Crippen molar-refractivity contribution in [3.63, 3.8) is 0 Å². The van der Waals surface area contributed by atoms with E-state index >= 15 is 0 Å². The van der Waals surface area contributed by atoms with Crippen molar-refractivity contribution in [1.82, 2.24) is 15.8 Å². The fourth-order valence-electron chi connectivity index (χ4n) is 2.55. The van der Waals surface area contributed by atoms with Crippen LogP contribution in [-0.4, -0.2) is 24.7 Å². The molecule has 3 rings (SSSR count). The molecule has 0 fully saturated rings. The number of rotatable bonds is 6. The Labute approximate surface area is 175 Å². The monoisotopic (exact) mass is 480 g/mol. The predicted molar refractivity (Wildman–Crippen MR) is 116 cm³/mol. The van der Waals surface area contributed by atoms with Crippen LogP contribution in [0.3, 0.4) is 0 Å². The van der Waals surface area contributed by atoms with Gasteiger partial charge in [-0.15, -0.1) is 24.0 Å². The molecular weight excluding hydrogens is 458 g/mol. The number of hydrogen-bond donors (Lipinski definition) is 2. The van der Waals surface area contributed by atoms with Gasteiger partial charge in [0.05, 0.1) is 6.54 Å². The zero-order valence-corrected chi connectivity index (χ0v) is 17.3. The Bertz CT molecular complexity index is 867. The molecule has 0 aliphatic carbocycles. The Kier molecular flexibility index (Phi) is 8.25. The van der Waals surface area contributed by atoms with Gasteiger partial charge in [0.25, 0.3) is 0 Å². The highest BCUT2D eigenvalue weighted by Crippen LogP contribution is 2.19. The molecule has 0 atom stereocenters. The van der Waals surface area contributed by atoms with Gasteiger partial charge in [0.1, 0.15) is 11.5 Å². The van der Waals surface area contributed by atoms with Crippen LogP contribution in [0.15, 0.2) is 70.2 Å². The molecule has 0 saturated carbocycles. The van der Waals surface area contributed by atoms with Gasteiger partial charge in [-0.05, 0) is 18.1 Å². The van der Waals surface area contributed by atoms with Gasteiger partial charge in [-0.25, -0.2) is 4.39 Å². The Morgan fingerprint density at radius 1 is 1.07 bits per heavy atom. The summed E-state index contributed by atoms with van der Waals surface area (Å²) in [5.41, 5.74) is 2.44. The molecule has 0 aliphatic rings. The Hall–Kier alpha value is -2.42. The van der Waals surface area contributed by atoms with E-state index in [-0.39, 0.29) is 29.8 Å². The summed E-state index contributed by atoms with van der Waals surface area (Å²) in [5, 5.41) is 10.4. The molecule has 0 bridgehead atoms. The summed E-state index contributed by atoms with van der Waals surface area (Å²) in [5.74, 6) is 1.17. The molecule has 0 saturated heterocycles. The van der Waals surface area contributed by atoms with Crippen LogP contribution in [0.1, 0.15) is 11.3 Å². The quantitative estimate of drug-likeness (QED) is 0.318. The van der Waals surface area contributed by atoms with Crippen molar-refractivity contribution in [2.45, 2.75) is 13.0 Å². The van der Waals surface area contributed by atoms with E-state index in [9.17, 15) is 4.39 Å². The molecule has 0 radical (unpaired) electrons. The second-order valence-electron chi connectivity index (χ2n) is 5.74. The van der Waals surface area contributed by atoms with Crippen LogP contribution in [0.2, 0.25) is 0 Å². The maximum Gasteiger partial charge on any atom is 0.191 e. The molecule has 2 aromatic carbocycles. The second-order valence-corrected chi connectivity index (χ2v) is 5.74. The lowest BCUT2D eigenvalue weighted by Crippen LogP contribution is -2.38. The van der Waals surface area contributed by atoms with Crippen LogP contribution in [0.25, 0.3) is 11.3 Å². The summed E-state index contributed by atoms with van der Waals surface area (Å²) >= 11 is 0. The fourth-order valence-corrected chi connectivity index (χ4v) is 2.55. The van der Waals surface area contributed by atoms with Crippen LogP contribution in [0, 0.1) is 5.82 Å². The van der Waals surface area contributed by atoms with Crippen molar-refractivity contribution in [3.05, 3.63) is 77.7 Å². The predicted octanol–water partition coefficient (Wildman–Crippen LogP) is 4.01. The van der Waals surface area contributed by atoms with E-state index < -0.39 is 0 Å². The van der Waals surface area contributed by atoms with Gasteiger partial charge in [0.15, 0.2) is 11.7 Å². The lowest BCUT2D eigenvalue weighted by molar-refractivity contribution is 0.422. The molecule has 3 aromatic rings. The molecule has 0 amide bonds. The minimum Gasteiger partial charge on any atom is -0.356 e. The van der Waals surface area contributed by atoms with Crippen molar-refractivity contribution in [2.75, 3.05) is 13.6 Å². The number of aliphatic imine (C=N–C) groups is 1. The molecule has 1 heterocycles. The lowest BCUT2D eigenvalue weighted by atomic mass is 10.1. The fraction of sp³-hybridized carbons (Fsp3) is 0.200. The summed E-state index contributed by atoms with van der Waals surface area (Å²) in [6.07, 6.45) is 0.579. The van der Waals surface area contributed by atoms with Gasteiger partial charge in [0, 0.05) is 25.2 Å². The van der Waals surface area contributed by atoms with E-state index in [1.165, 1.54) is 6.07 Å². The molecule has 5 nitrogen and oxygen atoms in total. The Morgan fingerprint density at radius 2 is 1.81 bits per heavy atom. The normalized spacial score (nSPS) is 11.0. The number of nitrogens with one attached hydrogen (secondary N) is 2. The highest BCUT2D eigenvalue weighted by atomic mass is 127. The Morgan fingerprint density at radius 3 is 2.56 bits per heavy atom. The first-order chi connectivity index (χ1) is 12.8. The minimum absolute atomic E-state index is 0. The van der Waals surface area contributed by atoms with E-state index in [4.69, 9.17) is 4.52 Å². The third kappa shape index (κ3) is 6.06. The third-order valence-corrected chi connectivity index (χ3v) is 3.92. The average molecular weight is 480 g/mol. The van der Waals surface area contributed by atoms with Gasteiger partial charge in [0.2, 0.25) is 0 Å². The van der Waals surface area contributed by atoms with Crippen molar-refractivity contribution in [3.8, 4) is 11.3 Å². The first-order valence-electron chi connectivity index (χ1n) is 8.45. The van der Waals surface area contributed by atoms with Crippen LogP contribution in [0.5, 0.6) is 0 Å².